The van der Waals surface area contributed by atoms with Crippen molar-refractivity contribution in [3.63, 3.8) is 0 Å². The molecule has 1 unspecified atom stereocenters. The number of benzene rings is 1. The molecule has 0 bridgehead atoms. The smallest absolute Gasteiger partial charge is 0.0320 e. The molecule has 1 rings (SSSR count). The summed E-state index contributed by atoms with van der Waals surface area (Å²) < 4.78 is 0. The Kier molecular flexibility index (Phi) is 6.24. The van der Waals surface area contributed by atoms with Gasteiger partial charge in [0.25, 0.3) is 0 Å². The molecule has 0 saturated carbocycles. The summed E-state index contributed by atoms with van der Waals surface area (Å²) in [4.78, 5) is 1.34. The van der Waals surface area contributed by atoms with E-state index in [0.717, 1.165) is 6.54 Å². The lowest BCUT2D eigenvalue weighted by atomic mass is 9.87. The van der Waals surface area contributed by atoms with Crippen molar-refractivity contribution in [2.24, 2.45) is 5.41 Å². The van der Waals surface area contributed by atoms with E-state index >= 15 is 0 Å². The molecule has 1 aromatic rings. The van der Waals surface area contributed by atoms with Crippen molar-refractivity contribution in [3.8, 4) is 0 Å². The summed E-state index contributed by atoms with van der Waals surface area (Å²) >= 11 is 1.80. The fraction of sp³-hybridized carbons (Fsp3) is 0.625. The first kappa shape index (κ1) is 15.6. The van der Waals surface area contributed by atoms with E-state index in [0.29, 0.717) is 11.5 Å². The fourth-order valence-corrected chi connectivity index (χ4v) is 2.45. The zero-order valence-electron chi connectivity index (χ0n) is 12.4. The molecule has 1 N–H and O–H groups in total. The average molecular weight is 265 g/mol. The predicted octanol–water partition coefficient (Wildman–Crippen LogP) is 4.89. The van der Waals surface area contributed by atoms with Crippen molar-refractivity contribution in [1.29, 1.82) is 0 Å². The molecular formula is C16H27NS. The lowest BCUT2D eigenvalue weighted by Crippen LogP contribution is -2.22. The maximum atomic E-state index is 3.60. The Morgan fingerprint density at radius 3 is 2.22 bits per heavy atom. The molecule has 1 nitrogen and oxygen atoms in total. The van der Waals surface area contributed by atoms with E-state index in [4.69, 9.17) is 0 Å². The van der Waals surface area contributed by atoms with Crippen LogP contribution < -0.4 is 5.32 Å². The molecule has 0 aliphatic heterocycles. The molecule has 0 spiro atoms. The van der Waals surface area contributed by atoms with Crippen molar-refractivity contribution >= 4 is 11.8 Å². The second kappa shape index (κ2) is 7.20. The van der Waals surface area contributed by atoms with Crippen LogP contribution in [0.5, 0.6) is 0 Å². The molecule has 18 heavy (non-hydrogen) atoms. The molecule has 0 saturated heterocycles. The highest BCUT2D eigenvalue weighted by Gasteiger charge is 2.16. The molecule has 0 aliphatic rings. The lowest BCUT2D eigenvalue weighted by molar-refractivity contribution is 0.334. The minimum atomic E-state index is 0.410. The summed E-state index contributed by atoms with van der Waals surface area (Å²) in [7, 11) is 0. The van der Waals surface area contributed by atoms with E-state index in [9.17, 15) is 0 Å². The van der Waals surface area contributed by atoms with Crippen LogP contribution >= 0.6 is 11.8 Å². The van der Waals surface area contributed by atoms with Gasteiger partial charge in [-0.3, -0.25) is 0 Å². The van der Waals surface area contributed by atoms with Gasteiger partial charge in [-0.15, -0.1) is 11.8 Å². The second-order valence-corrected chi connectivity index (χ2v) is 6.86. The molecule has 1 atom stereocenters. The third-order valence-electron chi connectivity index (χ3n) is 3.15. The van der Waals surface area contributed by atoms with Gasteiger partial charge in [-0.2, -0.15) is 0 Å². The van der Waals surface area contributed by atoms with Crippen molar-refractivity contribution in [2.75, 3.05) is 12.8 Å². The van der Waals surface area contributed by atoms with Gasteiger partial charge in [0.2, 0.25) is 0 Å². The zero-order chi connectivity index (χ0) is 13.6. The van der Waals surface area contributed by atoms with E-state index in [1.165, 1.54) is 23.3 Å². The largest absolute Gasteiger partial charge is 0.310 e. The number of hydrogen-bond acceptors (Lipinski definition) is 2. The van der Waals surface area contributed by atoms with Gasteiger partial charge in [-0.1, -0.05) is 39.8 Å². The number of hydrogen-bond donors (Lipinski definition) is 1. The molecule has 0 fully saturated rings. The monoisotopic (exact) mass is 265 g/mol. The number of thioether (sulfide) groups is 1. The SMILES string of the molecule is CCNC(CCC(C)(C)C)c1ccc(SC)cc1. The quantitative estimate of drug-likeness (QED) is 0.735. The van der Waals surface area contributed by atoms with Crippen molar-refractivity contribution in [3.05, 3.63) is 29.8 Å². The van der Waals surface area contributed by atoms with Crippen molar-refractivity contribution < 1.29 is 0 Å². The van der Waals surface area contributed by atoms with Crippen molar-refractivity contribution in [1.82, 2.24) is 5.32 Å². The highest BCUT2D eigenvalue weighted by molar-refractivity contribution is 7.98. The Labute approximate surface area is 117 Å². The van der Waals surface area contributed by atoms with Crippen LogP contribution in [0.4, 0.5) is 0 Å². The van der Waals surface area contributed by atoms with Gasteiger partial charge in [0.05, 0.1) is 0 Å². The maximum absolute atomic E-state index is 3.60. The minimum Gasteiger partial charge on any atom is -0.310 e. The van der Waals surface area contributed by atoms with Gasteiger partial charge in [-0.25, -0.2) is 0 Å². The third-order valence-corrected chi connectivity index (χ3v) is 3.90. The van der Waals surface area contributed by atoms with Gasteiger partial charge >= 0.3 is 0 Å². The Balaban J connectivity index is 2.70. The first-order valence-electron chi connectivity index (χ1n) is 6.83. The summed E-state index contributed by atoms with van der Waals surface area (Å²) in [5.74, 6) is 0. The average Bonchev–Trinajstić information content (AvgIpc) is 2.33. The lowest BCUT2D eigenvalue weighted by Gasteiger charge is -2.24. The highest BCUT2D eigenvalue weighted by Crippen LogP contribution is 2.28. The van der Waals surface area contributed by atoms with Crippen LogP contribution in [0.1, 0.15) is 52.1 Å². The summed E-state index contributed by atoms with van der Waals surface area (Å²) in [6, 6.07) is 9.47. The Morgan fingerprint density at radius 1 is 1.17 bits per heavy atom. The Hall–Kier alpha value is -0.470. The van der Waals surface area contributed by atoms with Crippen LogP contribution in [0, 0.1) is 5.41 Å². The number of rotatable bonds is 6. The van der Waals surface area contributed by atoms with Crippen LogP contribution in [0.2, 0.25) is 0 Å². The normalized spacial score (nSPS) is 13.6. The summed E-state index contributed by atoms with van der Waals surface area (Å²) in [6.07, 6.45) is 4.57. The van der Waals surface area contributed by atoms with Crippen LogP contribution in [-0.2, 0) is 0 Å². The molecule has 0 heterocycles. The van der Waals surface area contributed by atoms with Crippen LogP contribution in [0.3, 0.4) is 0 Å². The van der Waals surface area contributed by atoms with E-state index in [1.54, 1.807) is 11.8 Å². The molecule has 0 amide bonds. The number of nitrogens with one attached hydrogen (secondary N) is 1. The van der Waals surface area contributed by atoms with Gasteiger partial charge in [0, 0.05) is 10.9 Å². The Morgan fingerprint density at radius 2 is 1.78 bits per heavy atom. The molecule has 1 aromatic carbocycles. The molecule has 0 aliphatic carbocycles. The maximum Gasteiger partial charge on any atom is 0.0320 e. The molecule has 102 valence electrons. The van der Waals surface area contributed by atoms with E-state index in [-0.39, 0.29) is 0 Å². The van der Waals surface area contributed by atoms with Crippen molar-refractivity contribution in [2.45, 2.75) is 51.5 Å². The Bertz CT molecular complexity index is 337. The molecule has 2 heteroatoms. The standard InChI is InChI=1S/C16H27NS/c1-6-17-15(11-12-16(2,3)4)13-7-9-14(18-5)10-8-13/h7-10,15,17H,6,11-12H2,1-5H3. The summed E-state index contributed by atoms with van der Waals surface area (Å²) in [5.41, 5.74) is 1.83. The van der Waals surface area contributed by atoms with Crippen LogP contribution in [-0.4, -0.2) is 12.8 Å². The zero-order valence-corrected chi connectivity index (χ0v) is 13.2. The molecule has 0 radical (unpaired) electrons. The van der Waals surface area contributed by atoms with E-state index < -0.39 is 0 Å². The fourth-order valence-electron chi connectivity index (χ4n) is 2.05. The van der Waals surface area contributed by atoms with Gasteiger partial charge in [-0.05, 0) is 48.8 Å². The highest BCUT2D eigenvalue weighted by atomic mass is 32.2. The van der Waals surface area contributed by atoms with Gasteiger partial charge < -0.3 is 5.32 Å². The topological polar surface area (TPSA) is 12.0 Å². The molecule has 0 aromatic heterocycles. The van der Waals surface area contributed by atoms with Crippen LogP contribution in [0.25, 0.3) is 0 Å². The first-order valence-corrected chi connectivity index (χ1v) is 8.06. The summed E-state index contributed by atoms with van der Waals surface area (Å²) in [5, 5.41) is 3.60. The minimum absolute atomic E-state index is 0.410. The van der Waals surface area contributed by atoms with Gasteiger partial charge in [0.15, 0.2) is 0 Å². The van der Waals surface area contributed by atoms with Gasteiger partial charge in [0.1, 0.15) is 0 Å². The third kappa shape index (κ3) is 5.45. The second-order valence-electron chi connectivity index (χ2n) is 5.98. The van der Waals surface area contributed by atoms with Crippen LogP contribution in [0.15, 0.2) is 29.2 Å². The van der Waals surface area contributed by atoms with E-state index in [2.05, 4.69) is 63.5 Å². The van der Waals surface area contributed by atoms with E-state index in [1.807, 2.05) is 0 Å². The summed E-state index contributed by atoms with van der Waals surface area (Å²) in [6.45, 7) is 10.1. The first-order chi connectivity index (χ1) is 8.46. The predicted molar refractivity (Wildman–Crippen MR) is 83.3 cm³/mol. The molecular weight excluding hydrogens is 238 g/mol.